The van der Waals surface area contributed by atoms with Gasteiger partial charge in [0.05, 0.1) is 20.0 Å². The third kappa shape index (κ3) is 2.51. The quantitative estimate of drug-likeness (QED) is 0.662. The number of allylic oxidation sites excluding steroid dienone is 1. The maximum atomic E-state index is 5.19. The second-order valence-corrected chi connectivity index (χ2v) is 2.70. The van der Waals surface area contributed by atoms with E-state index in [0.29, 0.717) is 0 Å². The first-order valence-electron chi connectivity index (χ1n) is 4.13. The number of ether oxygens (including phenoxy) is 2. The van der Waals surface area contributed by atoms with Crippen LogP contribution in [0.5, 0.6) is 5.75 Å². The molecule has 0 aliphatic carbocycles. The number of hydrogen-bond donors (Lipinski definition) is 0. The zero-order valence-electron chi connectivity index (χ0n) is 8.20. The minimum atomic E-state index is 0.860. The Labute approximate surface area is 78.8 Å². The molecule has 0 unspecified atom stereocenters. The second kappa shape index (κ2) is 4.55. The van der Waals surface area contributed by atoms with E-state index in [0.717, 1.165) is 17.1 Å². The van der Waals surface area contributed by atoms with E-state index >= 15 is 0 Å². The van der Waals surface area contributed by atoms with Gasteiger partial charge in [-0.1, -0.05) is 18.2 Å². The van der Waals surface area contributed by atoms with Gasteiger partial charge in [0.25, 0.3) is 0 Å². The standard InChI is InChI=1S/C11H14O2/c1-9(12-2)8-10-6-4-5-7-11(10)13-3/h4-8H,1-3H3. The molecule has 0 aliphatic rings. The summed E-state index contributed by atoms with van der Waals surface area (Å²) in [4.78, 5) is 0. The first-order chi connectivity index (χ1) is 6.27. The lowest BCUT2D eigenvalue weighted by Gasteiger charge is -2.04. The van der Waals surface area contributed by atoms with Gasteiger partial charge in [0, 0.05) is 5.56 Å². The molecule has 0 aromatic heterocycles. The summed E-state index contributed by atoms with van der Waals surface area (Å²) in [5, 5.41) is 0. The van der Waals surface area contributed by atoms with Gasteiger partial charge in [-0.05, 0) is 19.1 Å². The number of rotatable bonds is 3. The van der Waals surface area contributed by atoms with E-state index in [1.807, 2.05) is 37.3 Å². The summed E-state index contributed by atoms with van der Waals surface area (Å²) >= 11 is 0. The molecular formula is C11H14O2. The second-order valence-electron chi connectivity index (χ2n) is 2.70. The Bertz CT molecular complexity index is 303. The largest absolute Gasteiger partial charge is 0.501 e. The molecule has 70 valence electrons. The first kappa shape index (κ1) is 9.65. The number of benzene rings is 1. The molecule has 0 aliphatic heterocycles. The van der Waals surface area contributed by atoms with E-state index in [-0.39, 0.29) is 0 Å². The molecule has 0 bridgehead atoms. The highest BCUT2D eigenvalue weighted by molar-refractivity contribution is 5.58. The number of hydrogen-bond acceptors (Lipinski definition) is 2. The molecule has 0 N–H and O–H groups in total. The molecule has 0 radical (unpaired) electrons. The summed E-state index contributed by atoms with van der Waals surface area (Å²) in [5.74, 6) is 1.73. The van der Waals surface area contributed by atoms with E-state index in [9.17, 15) is 0 Å². The normalized spacial score (nSPS) is 11.2. The molecule has 0 amide bonds. The van der Waals surface area contributed by atoms with Gasteiger partial charge >= 0.3 is 0 Å². The molecule has 13 heavy (non-hydrogen) atoms. The highest BCUT2D eigenvalue weighted by Gasteiger charge is 1.97. The highest BCUT2D eigenvalue weighted by atomic mass is 16.5. The van der Waals surface area contributed by atoms with Crippen molar-refractivity contribution in [1.82, 2.24) is 0 Å². The van der Waals surface area contributed by atoms with Crippen LogP contribution in [0, 0.1) is 0 Å². The van der Waals surface area contributed by atoms with Crippen LogP contribution in [0.15, 0.2) is 30.0 Å². The third-order valence-corrected chi connectivity index (χ3v) is 1.82. The van der Waals surface area contributed by atoms with Crippen molar-refractivity contribution in [3.8, 4) is 5.75 Å². The summed E-state index contributed by atoms with van der Waals surface area (Å²) in [6, 6.07) is 7.83. The Balaban J connectivity index is 2.99. The zero-order valence-corrected chi connectivity index (χ0v) is 8.20. The minimum Gasteiger partial charge on any atom is -0.501 e. The highest BCUT2D eigenvalue weighted by Crippen LogP contribution is 2.20. The van der Waals surface area contributed by atoms with Gasteiger partial charge in [-0.25, -0.2) is 0 Å². The summed E-state index contributed by atoms with van der Waals surface area (Å²) in [6.45, 7) is 1.91. The molecule has 0 atom stereocenters. The van der Waals surface area contributed by atoms with Crippen LogP contribution in [0.2, 0.25) is 0 Å². The third-order valence-electron chi connectivity index (χ3n) is 1.82. The molecule has 1 aromatic rings. The summed E-state index contributed by atoms with van der Waals surface area (Å²) in [5.41, 5.74) is 1.03. The predicted octanol–water partition coefficient (Wildman–Crippen LogP) is 2.70. The van der Waals surface area contributed by atoms with Crippen LogP contribution in [0.4, 0.5) is 0 Å². The van der Waals surface area contributed by atoms with Crippen LogP contribution < -0.4 is 4.74 Å². The molecule has 0 fully saturated rings. The number of para-hydroxylation sites is 1. The van der Waals surface area contributed by atoms with Crippen molar-refractivity contribution < 1.29 is 9.47 Å². The minimum absolute atomic E-state index is 0.860. The fourth-order valence-electron chi connectivity index (χ4n) is 1.06. The van der Waals surface area contributed by atoms with Gasteiger partial charge in [-0.2, -0.15) is 0 Å². The first-order valence-corrected chi connectivity index (χ1v) is 4.13. The van der Waals surface area contributed by atoms with Crippen LogP contribution >= 0.6 is 0 Å². The van der Waals surface area contributed by atoms with Gasteiger partial charge in [-0.3, -0.25) is 0 Å². The van der Waals surface area contributed by atoms with Crippen LogP contribution in [0.25, 0.3) is 6.08 Å². The molecule has 0 heterocycles. The average Bonchev–Trinajstić information content (AvgIpc) is 2.18. The summed E-state index contributed by atoms with van der Waals surface area (Å²) in [6.07, 6.45) is 1.94. The Morgan fingerprint density at radius 3 is 2.54 bits per heavy atom. The topological polar surface area (TPSA) is 18.5 Å². The zero-order chi connectivity index (χ0) is 9.68. The van der Waals surface area contributed by atoms with Crippen LogP contribution in [0.1, 0.15) is 12.5 Å². The van der Waals surface area contributed by atoms with Crippen LogP contribution in [0.3, 0.4) is 0 Å². The molecule has 0 spiro atoms. The van der Waals surface area contributed by atoms with E-state index in [1.165, 1.54) is 0 Å². The van der Waals surface area contributed by atoms with Crippen LogP contribution in [-0.4, -0.2) is 14.2 Å². The molecule has 0 saturated carbocycles. The lowest BCUT2D eigenvalue weighted by molar-refractivity contribution is 0.297. The van der Waals surface area contributed by atoms with Crippen molar-refractivity contribution >= 4 is 6.08 Å². The van der Waals surface area contributed by atoms with E-state index in [4.69, 9.17) is 9.47 Å². The molecule has 1 aromatic carbocycles. The van der Waals surface area contributed by atoms with E-state index < -0.39 is 0 Å². The van der Waals surface area contributed by atoms with Gasteiger partial charge in [0.1, 0.15) is 5.75 Å². The van der Waals surface area contributed by atoms with E-state index in [1.54, 1.807) is 14.2 Å². The monoisotopic (exact) mass is 178 g/mol. The molecule has 1 rings (SSSR count). The molecular weight excluding hydrogens is 164 g/mol. The summed E-state index contributed by atoms with van der Waals surface area (Å²) in [7, 11) is 3.32. The lowest BCUT2D eigenvalue weighted by Crippen LogP contribution is -1.87. The maximum Gasteiger partial charge on any atom is 0.126 e. The Hall–Kier alpha value is -1.44. The number of methoxy groups -OCH3 is 2. The summed E-state index contributed by atoms with van der Waals surface area (Å²) < 4.78 is 10.2. The Morgan fingerprint density at radius 1 is 1.23 bits per heavy atom. The van der Waals surface area contributed by atoms with Crippen molar-refractivity contribution in [3.05, 3.63) is 35.6 Å². The van der Waals surface area contributed by atoms with Crippen LogP contribution in [-0.2, 0) is 4.74 Å². The van der Waals surface area contributed by atoms with Crippen molar-refractivity contribution in [2.24, 2.45) is 0 Å². The fraction of sp³-hybridized carbons (Fsp3) is 0.273. The van der Waals surface area contributed by atoms with Gasteiger partial charge in [0.15, 0.2) is 0 Å². The molecule has 2 nitrogen and oxygen atoms in total. The Kier molecular flexibility index (Phi) is 3.38. The van der Waals surface area contributed by atoms with Gasteiger partial charge in [-0.15, -0.1) is 0 Å². The van der Waals surface area contributed by atoms with Crippen molar-refractivity contribution in [1.29, 1.82) is 0 Å². The SMILES string of the molecule is COC(C)=Cc1ccccc1OC. The van der Waals surface area contributed by atoms with Gasteiger partial charge in [0.2, 0.25) is 0 Å². The predicted molar refractivity (Wildman–Crippen MR) is 53.7 cm³/mol. The van der Waals surface area contributed by atoms with Crippen molar-refractivity contribution in [3.63, 3.8) is 0 Å². The lowest BCUT2D eigenvalue weighted by atomic mass is 10.2. The van der Waals surface area contributed by atoms with Gasteiger partial charge < -0.3 is 9.47 Å². The van der Waals surface area contributed by atoms with Crippen molar-refractivity contribution in [2.45, 2.75) is 6.92 Å². The average molecular weight is 178 g/mol. The fourth-order valence-corrected chi connectivity index (χ4v) is 1.06. The smallest absolute Gasteiger partial charge is 0.126 e. The maximum absolute atomic E-state index is 5.19. The van der Waals surface area contributed by atoms with Crippen molar-refractivity contribution in [2.75, 3.05) is 14.2 Å². The molecule has 2 heteroatoms. The Morgan fingerprint density at radius 2 is 1.92 bits per heavy atom. The molecule has 0 saturated heterocycles. The van der Waals surface area contributed by atoms with E-state index in [2.05, 4.69) is 0 Å².